The summed E-state index contributed by atoms with van der Waals surface area (Å²) in [7, 11) is 0. The highest BCUT2D eigenvalue weighted by Gasteiger charge is 2.23. The normalized spacial score (nSPS) is 16.3. The Morgan fingerprint density at radius 3 is 2.57 bits per heavy atom. The van der Waals surface area contributed by atoms with E-state index in [1.54, 1.807) is 11.3 Å². The molecule has 2 aromatic rings. The summed E-state index contributed by atoms with van der Waals surface area (Å²) in [5, 5.41) is 8.04. The zero-order chi connectivity index (χ0) is 19.8. The van der Waals surface area contributed by atoms with Crippen molar-refractivity contribution in [3.63, 3.8) is 0 Å². The van der Waals surface area contributed by atoms with Crippen molar-refractivity contribution in [2.45, 2.75) is 46.1 Å². The van der Waals surface area contributed by atoms with E-state index in [0.29, 0.717) is 6.04 Å². The van der Waals surface area contributed by atoms with Crippen molar-refractivity contribution in [3.8, 4) is 0 Å². The summed E-state index contributed by atoms with van der Waals surface area (Å²) in [5.41, 5.74) is 2.52. The van der Waals surface area contributed by atoms with Gasteiger partial charge in [-0.3, -0.25) is 9.89 Å². The van der Waals surface area contributed by atoms with Gasteiger partial charge < -0.3 is 10.6 Å². The molecule has 2 heterocycles. The van der Waals surface area contributed by atoms with E-state index in [0.717, 1.165) is 42.7 Å². The standard InChI is InChI=1S/C22H33N5S/c1-4-23-22(24-13-12-21-17(2)26-18(3)28-21)25-16-20(27-14-8-9-15-27)19-10-6-5-7-11-19/h5-7,10-11,20H,4,8-9,12-16H2,1-3H3,(H2,23,24,25). The average molecular weight is 400 g/mol. The quantitative estimate of drug-likeness (QED) is 0.525. The molecule has 1 aliphatic heterocycles. The number of likely N-dealkylation sites (tertiary alicyclic amines) is 1. The van der Waals surface area contributed by atoms with E-state index in [4.69, 9.17) is 4.99 Å². The molecule has 0 amide bonds. The molecule has 28 heavy (non-hydrogen) atoms. The highest BCUT2D eigenvalue weighted by Crippen LogP contribution is 2.25. The Morgan fingerprint density at radius 2 is 1.93 bits per heavy atom. The Balaban J connectivity index is 1.63. The zero-order valence-electron chi connectivity index (χ0n) is 17.4. The Morgan fingerprint density at radius 1 is 1.18 bits per heavy atom. The molecule has 5 nitrogen and oxygen atoms in total. The van der Waals surface area contributed by atoms with Crippen LogP contribution in [-0.4, -0.2) is 48.6 Å². The molecule has 152 valence electrons. The molecule has 1 saturated heterocycles. The van der Waals surface area contributed by atoms with Crippen molar-refractivity contribution >= 4 is 17.3 Å². The maximum Gasteiger partial charge on any atom is 0.191 e. The number of aromatic nitrogens is 1. The highest BCUT2D eigenvalue weighted by atomic mass is 32.1. The van der Waals surface area contributed by atoms with Gasteiger partial charge in [0.25, 0.3) is 0 Å². The molecular weight excluding hydrogens is 366 g/mol. The first kappa shape index (κ1) is 20.8. The topological polar surface area (TPSA) is 52.6 Å². The number of nitrogens with zero attached hydrogens (tertiary/aromatic N) is 3. The summed E-state index contributed by atoms with van der Waals surface area (Å²) in [6, 6.07) is 11.2. The van der Waals surface area contributed by atoms with E-state index >= 15 is 0 Å². The van der Waals surface area contributed by atoms with Gasteiger partial charge in [-0.05, 0) is 52.3 Å². The minimum Gasteiger partial charge on any atom is -0.357 e. The minimum atomic E-state index is 0.352. The highest BCUT2D eigenvalue weighted by molar-refractivity contribution is 7.11. The summed E-state index contributed by atoms with van der Waals surface area (Å²) >= 11 is 1.79. The predicted octanol–water partition coefficient (Wildman–Crippen LogP) is 3.69. The molecular formula is C22H33N5S. The molecule has 2 N–H and O–H groups in total. The third-order valence-corrected chi connectivity index (χ3v) is 6.31. The van der Waals surface area contributed by atoms with Crippen LogP contribution in [0, 0.1) is 13.8 Å². The van der Waals surface area contributed by atoms with Gasteiger partial charge in [0.2, 0.25) is 0 Å². The lowest BCUT2D eigenvalue weighted by Gasteiger charge is -2.27. The molecule has 0 radical (unpaired) electrons. The average Bonchev–Trinajstić information content (AvgIpc) is 3.33. The summed E-state index contributed by atoms with van der Waals surface area (Å²) in [6.45, 7) is 11.1. The lowest BCUT2D eigenvalue weighted by Crippen LogP contribution is -2.39. The summed E-state index contributed by atoms with van der Waals surface area (Å²) < 4.78 is 0. The van der Waals surface area contributed by atoms with Crippen LogP contribution in [0.25, 0.3) is 0 Å². The molecule has 0 spiro atoms. The van der Waals surface area contributed by atoms with Gasteiger partial charge >= 0.3 is 0 Å². The monoisotopic (exact) mass is 399 g/mol. The van der Waals surface area contributed by atoms with Gasteiger partial charge in [-0.1, -0.05) is 30.3 Å². The van der Waals surface area contributed by atoms with Crippen molar-refractivity contribution in [3.05, 3.63) is 51.5 Å². The first-order valence-electron chi connectivity index (χ1n) is 10.4. The number of thiazole rings is 1. The van der Waals surface area contributed by atoms with Gasteiger partial charge in [0.15, 0.2) is 5.96 Å². The number of rotatable bonds is 8. The second kappa shape index (κ2) is 10.6. The Kier molecular flexibility index (Phi) is 7.86. The van der Waals surface area contributed by atoms with Crippen molar-refractivity contribution in [1.29, 1.82) is 0 Å². The second-order valence-corrected chi connectivity index (χ2v) is 8.60. The molecule has 0 bridgehead atoms. The van der Waals surface area contributed by atoms with Crippen LogP contribution in [-0.2, 0) is 6.42 Å². The fourth-order valence-corrected chi connectivity index (χ4v) is 4.72. The van der Waals surface area contributed by atoms with Crippen LogP contribution in [0.3, 0.4) is 0 Å². The van der Waals surface area contributed by atoms with Crippen LogP contribution in [0.4, 0.5) is 0 Å². The summed E-state index contributed by atoms with van der Waals surface area (Å²) in [5.74, 6) is 0.904. The lowest BCUT2D eigenvalue weighted by atomic mass is 10.1. The molecule has 0 saturated carbocycles. The summed E-state index contributed by atoms with van der Waals surface area (Å²) in [4.78, 5) is 13.4. The van der Waals surface area contributed by atoms with Crippen LogP contribution < -0.4 is 10.6 Å². The Labute approximate surface area is 173 Å². The molecule has 1 aromatic heterocycles. The number of hydrogen-bond acceptors (Lipinski definition) is 4. The van der Waals surface area contributed by atoms with Crippen LogP contribution in [0.5, 0.6) is 0 Å². The molecule has 1 atom stereocenters. The van der Waals surface area contributed by atoms with Gasteiger partial charge in [0.05, 0.1) is 23.3 Å². The van der Waals surface area contributed by atoms with Crippen molar-refractivity contribution in [1.82, 2.24) is 20.5 Å². The third kappa shape index (κ3) is 5.79. The van der Waals surface area contributed by atoms with Gasteiger partial charge in [-0.2, -0.15) is 0 Å². The number of aliphatic imine (C=N–C) groups is 1. The fraction of sp³-hybridized carbons (Fsp3) is 0.545. The minimum absolute atomic E-state index is 0.352. The second-order valence-electron chi connectivity index (χ2n) is 7.31. The molecule has 1 unspecified atom stereocenters. The maximum absolute atomic E-state index is 4.93. The van der Waals surface area contributed by atoms with E-state index in [-0.39, 0.29) is 0 Å². The largest absolute Gasteiger partial charge is 0.357 e. The van der Waals surface area contributed by atoms with E-state index < -0.39 is 0 Å². The van der Waals surface area contributed by atoms with E-state index in [1.807, 2.05) is 0 Å². The zero-order valence-corrected chi connectivity index (χ0v) is 18.2. The van der Waals surface area contributed by atoms with Crippen molar-refractivity contribution < 1.29 is 0 Å². The van der Waals surface area contributed by atoms with Gasteiger partial charge in [-0.25, -0.2) is 4.98 Å². The van der Waals surface area contributed by atoms with Crippen LogP contribution in [0.2, 0.25) is 0 Å². The van der Waals surface area contributed by atoms with E-state index in [9.17, 15) is 0 Å². The molecule has 6 heteroatoms. The van der Waals surface area contributed by atoms with E-state index in [1.165, 1.54) is 36.4 Å². The van der Waals surface area contributed by atoms with Gasteiger partial charge in [0, 0.05) is 24.4 Å². The number of nitrogens with one attached hydrogen (secondary N) is 2. The number of hydrogen-bond donors (Lipinski definition) is 2. The molecule has 1 aliphatic rings. The first-order valence-corrected chi connectivity index (χ1v) is 11.2. The van der Waals surface area contributed by atoms with Crippen LogP contribution >= 0.6 is 11.3 Å². The number of guanidine groups is 1. The molecule has 3 rings (SSSR count). The molecule has 1 aromatic carbocycles. The number of benzene rings is 1. The lowest BCUT2D eigenvalue weighted by molar-refractivity contribution is 0.251. The van der Waals surface area contributed by atoms with Crippen molar-refractivity contribution in [2.24, 2.45) is 4.99 Å². The first-order chi connectivity index (χ1) is 13.7. The van der Waals surface area contributed by atoms with Gasteiger partial charge in [0.1, 0.15) is 0 Å². The smallest absolute Gasteiger partial charge is 0.191 e. The Hall–Kier alpha value is -1.92. The van der Waals surface area contributed by atoms with E-state index in [2.05, 4.69) is 71.6 Å². The maximum atomic E-state index is 4.93. The number of aryl methyl sites for hydroxylation is 2. The predicted molar refractivity (Wildman–Crippen MR) is 119 cm³/mol. The SMILES string of the molecule is CCNC(=NCC(c1ccccc1)N1CCCC1)NCCc1sc(C)nc1C. The summed E-state index contributed by atoms with van der Waals surface area (Å²) in [6.07, 6.45) is 3.56. The molecule has 0 aliphatic carbocycles. The fourth-order valence-electron chi connectivity index (χ4n) is 3.78. The van der Waals surface area contributed by atoms with Crippen molar-refractivity contribution in [2.75, 3.05) is 32.7 Å². The third-order valence-electron chi connectivity index (χ3n) is 5.18. The van der Waals surface area contributed by atoms with Crippen LogP contribution in [0.1, 0.15) is 46.9 Å². The Bertz CT molecular complexity index is 750. The van der Waals surface area contributed by atoms with Crippen LogP contribution in [0.15, 0.2) is 35.3 Å². The van der Waals surface area contributed by atoms with Gasteiger partial charge in [-0.15, -0.1) is 11.3 Å². The molecule has 1 fully saturated rings.